The second-order valence-corrected chi connectivity index (χ2v) is 8.27. The van der Waals surface area contributed by atoms with E-state index in [1.54, 1.807) is 23.5 Å². The second kappa shape index (κ2) is 7.01. The third-order valence-corrected chi connectivity index (χ3v) is 5.69. The first-order valence-corrected chi connectivity index (χ1v) is 9.77. The van der Waals surface area contributed by atoms with E-state index in [9.17, 15) is 5.11 Å². The van der Waals surface area contributed by atoms with E-state index >= 15 is 0 Å². The molecule has 2 fully saturated rings. The molecular weight excluding hydrogens is 324 g/mol. The first kappa shape index (κ1) is 18.6. The summed E-state index contributed by atoms with van der Waals surface area (Å²) in [5.41, 5.74) is 0. The molecule has 0 aliphatic carbocycles. The van der Waals surface area contributed by atoms with Crippen LogP contribution in [0.25, 0.3) is 0 Å². The average Bonchev–Trinajstić information content (AvgIpc) is 2.94. The highest BCUT2D eigenvalue weighted by atomic mass is 32.2. The Kier molecular flexibility index (Phi) is 5.92. The van der Waals surface area contributed by atoms with E-state index in [2.05, 4.69) is 0 Å². The number of aliphatic hydroxyl groups excluding tert-OH is 1. The summed E-state index contributed by atoms with van der Waals surface area (Å²) < 4.78 is 24.3. The minimum Gasteiger partial charge on any atom is -0.387 e. The van der Waals surface area contributed by atoms with Crippen molar-refractivity contribution in [2.75, 3.05) is 19.1 Å². The van der Waals surface area contributed by atoms with Gasteiger partial charge in [-0.1, -0.05) is 0 Å². The van der Waals surface area contributed by atoms with Crippen molar-refractivity contribution < 1.29 is 24.1 Å². The molecule has 7 heteroatoms. The Bertz CT molecular complexity index is 418. The van der Waals surface area contributed by atoms with Crippen molar-refractivity contribution in [3.05, 3.63) is 10.3 Å². The fraction of sp³-hybridized carbons (Fsp3) is 0.867. The standard InChI is InChI=1S/C15H26O5S2/c1-14(2)17-8-10(19-14)12(16)13-9(7-11(21-5)22-6)18-15(3,4)20-13/h7,9-10,12-13,16H,8H2,1-6H3/t9-,10-,12-,13-/m1/s1. The summed E-state index contributed by atoms with van der Waals surface area (Å²) >= 11 is 3.31. The van der Waals surface area contributed by atoms with Crippen molar-refractivity contribution in [3.63, 3.8) is 0 Å². The van der Waals surface area contributed by atoms with E-state index in [1.165, 1.54) is 0 Å². The molecule has 0 aromatic heterocycles. The van der Waals surface area contributed by atoms with Crippen LogP contribution in [0.3, 0.4) is 0 Å². The molecule has 2 aliphatic rings. The minimum absolute atomic E-state index is 0.313. The molecule has 0 radical (unpaired) electrons. The topological polar surface area (TPSA) is 57.2 Å². The first-order valence-electron chi connectivity index (χ1n) is 7.33. The third-order valence-electron chi connectivity index (χ3n) is 3.61. The van der Waals surface area contributed by atoms with E-state index < -0.39 is 29.9 Å². The molecule has 22 heavy (non-hydrogen) atoms. The van der Waals surface area contributed by atoms with Crippen LogP contribution in [-0.4, -0.2) is 60.2 Å². The van der Waals surface area contributed by atoms with Gasteiger partial charge in [-0.15, -0.1) is 23.5 Å². The summed E-state index contributed by atoms with van der Waals surface area (Å²) in [5.74, 6) is -1.40. The molecule has 2 saturated heterocycles. The van der Waals surface area contributed by atoms with E-state index in [4.69, 9.17) is 18.9 Å². The van der Waals surface area contributed by atoms with Gasteiger partial charge >= 0.3 is 0 Å². The Morgan fingerprint density at radius 2 is 1.73 bits per heavy atom. The van der Waals surface area contributed by atoms with Gasteiger partial charge in [0.1, 0.15) is 24.4 Å². The number of rotatable bonds is 5. The van der Waals surface area contributed by atoms with Crippen molar-refractivity contribution in [2.24, 2.45) is 0 Å². The maximum Gasteiger partial charge on any atom is 0.164 e. The normalized spacial score (nSPS) is 34.6. The summed E-state index contributed by atoms with van der Waals surface area (Å²) in [5, 5.41) is 10.7. The lowest BCUT2D eigenvalue weighted by atomic mass is 10.0. The first-order chi connectivity index (χ1) is 10.2. The second-order valence-electron chi connectivity index (χ2n) is 6.32. The van der Waals surface area contributed by atoms with E-state index in [0.29, 0.717) is 6.61 Å². The Morgan fingerprint density at radius 3 is 2.23 bits per heavy atom. The van der Waals surface area contributed by atoms with E-state index in [1.807, 2.05) is 46.3 Å². The van der Waals surface area contributed by atoms with Crippen LogP contribution in [0.2, 0.25) is 0 Å². The Morgan fingerprint density at radius 1 is 1.09 bits per heavy atom. The predicted octanol–water partition coefficient (Wildman–Crippen LogP) is 2.59. The highest BCUT2D eigenvalue weighted by molar-refractivity contribution is 8.21. The van der Waals surface area contributed by atoms with Crippen LogP contribution >= 0.6 is 23.5 Å². The maximum absolute atomic E-state index is 10.7. The largest absolute Gasteiger partial charge is 0.387 e. The zero-order chi connectivity index (χ0) is 16.5. The molecule has 4 atom stereocenters. The summed E-state index contributed by atoms with van der Waals surface area (Å²) in [7, 11) is 0. The number of ether oxygens (including phenoxy) is 4. The molecule has 0 amide bonds. The lowest BCUT2D eigenvalue weighted by Gasteiger charge is -2.26. The Hall–Kier alpha value is 0.240. The van der Waals surface area contributed by atoms with E-state index in [-0.39, 0.29) is 6.10 Å². The minimum atomic E-state index is -0.810. The van der Waals surface area contributed by atoms with Gasteiger partial charge in [0.05, 0.1) is 6.61 Å². The fourth-order valence-corrected chi connectivity index (χ4v) is 3.87. The molecule has 0 bridgehead atoms. The third kappa shape index (κ3) is 4.41. The fourth-order valence-electron chi connectivity index (χ4n) is 2.66. The number of aliphatic hydroxyl groups is 1. The number of hydrogen-bond donors (Lipinski definition) is 1. The van der Waals surface area contributed by atoms with Crippen molar-refractivity contribution >= 4 is 23.5 Å². The van der Waals surface area contributed by atoms with Gasteiger partial charge in [0.25, 0.3) is 0 Å². The van der Waals surface area contributed by atoms with Crippen molar-refractivity contribution in [1.29, 1.82) is 0 Å². The maximum atomic E-state index is 10.7. The van der Waals surface area contributed by atoms with Gasteiger partial charge in [-0.3, -0.25) is 0 Å². The summed E-state index contributed by atoms with van der Waals surface area (Å²) in [6.07, 6.45) is 4.03. The highest BCUT2D eigenvalue weighted by Gasteiger charge is 2.49. The van der Waals surface area contributed by atoms with Gasteiger partial charge < -0.3 is 24.1 Å². The molecule has 0 aromatic carbocycles. The lowest BCUT2D eigenvalue weighted by molar-refractivity contribution is -0.178. The van der Waals surface area contributed by atoms with Gasteiger partial charge in [-0.25, -0.2) is 0 Å². The molecule has 2 rings (SSSR count). The van der Waals surface area contributed by atoms with Crippen molar-refractivity contribution in [3.8, 4) is 0 Å². The number of hydrogen-bond acceptors (Lipinski definition) is 7. The molecular formula is C15H26O5S2. The van der Waals surface area contributed by atoms with Crippen LogP contribution < -0.4 is 0 Å². The Balaban J connectivity index is 2.14. The quantitative estimate of drug-likeness (QED) is 0.818. The molecule has 128 valence electrons. The molecule has 2 heterocycles. The zero-order valence-corrected chi connectivity index (χ0v) is 15.6. The molecule has 1 N–H and O–H groups in total. The van der Waals surface area contributed by atoms with Crippen LogP contribution in [0.1, 0.15) is 27.7 Å². The highest BCUT2D eigenvalue weighted by Crippen LogP contribution is 2.36. The summed E-state index contributed by atoms with van der Waals surface area (Å²) in [4.78, 5) is 0. The van der Waals surface area contributed by atoms with Crippen molar-refractivity contribution in [1.82, 2.24) is 0 Å². The molecule has 0 unspecified atom stereocenters. The molecule has 2 aliphatic heterocycles. The monoisotopic (exact) mass is 350 g/mol. The molecule has 5 nitrogen and oxygen atoms in total. The van der Waals surface area contributed by atoms with Gasteiger partial charge in [-0.2, -0.15) is 0 Å². The van der Waals surface area contributed by atoms with Gasteiger partial charge in [0.2, 0.25) is 0 Å². The molecule has 0 saturated carbocycles. The zero-order valence-electron chi connectivity index (χ0n) is 14.0. The number of thioether (sulfide) groups is 2. The van der Waals surface area contributed by atoms with Crippen LogP contribution in [0.5, 0.6) is 0 Å². The predicted molar refractivity (Wildman–Crippen MR) is 89.8 cm³/mol. The summed E-state index contributed by atoms with van der Waals surface area (Å²) in [6.45, 7) is 7.74. The van der Waals surface area contributed by atoms with Crippen LogP contribution in [-0.2, 0) is 18.9 Å². The van der Waals surface area contributed by atoms with Gasteiger partial charge in [0, 0.05) is 4.24 Å². The average molecular weight is 351 g/mol. The van der Waals surface area contributed by atoms with Crippen molar-refractivity contribution in [2.45, 2.75) is 63.7 Å². The van der Waals surface area contributed by atoms with Crippen LogP contribution in [0.15, 0.2) is 10.3 Å². The Labute approximate surface area is 141 Å². The van der Waals surface area contributed by atoms with Crippen LogP contribution in [0.4, 0.5) is 0 Å². The smallest absolute Gasteiger partial charge is 0.164 e. The van der Waals surface area contributed by atoms with Gasteiger partial charge in [0.15, 0.2) is 11.6 Å². The summed E-state index contributed by atoms with van der Waals surface area (Å²) in [6, 6.07) is 0. The van der Waals surface area contributed by atoms with Crippen LogP contribution in [0, 0.1) is 0 Å². The molecule has 0 aromatic rings. The molecule has 0 spiro atoms. The van der Waals surface area contributed by atoms with E-state index in [0.717, 1.165) is 4.24 Å². The lowest BCUT2D eigenvalue weighted by Crippen LogP contribution is -2.44. The van der Waals surface area contributed by atoms with Gasteiger partial charge in [-0.05, 0) is 46.3 Å². The SMILES string of the molecule is CSC(=C[C@H]1OC(C)(C)O[C@H]1[C@H](O)[C@H]1COC(C)(C)O1)SC.